The van der Waals surface area contributed by atoms with Crippen molar-refractivity contribution in [2.24, 2.45) is 11.7 Å². The van der Waals surface area contributed by atoms with Gasteiger partial charge in [0, 0.05) is 18.7 Å². The molecular formula is C19H24N4O2. The minimum Gasteiger partial charge on any atom is -0.346 e. The monoisotopic (exact) mass is 340 g/mol. The van der Waals surface area contributed by atoms with Gasteiger partial charge in [-0.2, -0.15) is 9.78 Å². The van der Waals surface area contributed by atoms with Crippen LogP contribution in [0.2, 0.25) is 0 Å². The summed E-state index contributed by atoms with van der Waals surface area (Å²) in [6.45, 7) is 0.411. The van der Waals surface area contributed by atoms with Gasteiger partial charge in [-0.15, -0.1) is 0 Å². The van der Waals surface area contributed by atoms with Crippen LogP contribution in [0.15, 0.2) is 47.3 Å². The molecule has 1 fully saturated rings. The topological polar surface area (TPSA) is 90.0 Å². The number of amides is 1. The molecule has 1 saturated carbocycles. The Hall–Kier alpha value is -2.47. The molecule has 2 aromatic rings. The van der Waals surface area contributed by atoms with Crippen molar-refractivity contribution in [2.45, 2.75) is 38.1 Å². The van der Waals surface area contributed by atoms with Gasteiger partial charge in [0.25, 0.3) is 11.5 Å². The molecule has 6 nitrogen and oxygen atoms in total. The highest BCUT2D eigenvalue weighted by atomic mass is 16.2. The Labute approximate surface area is 147 Å². The number of benzene rings is 1. The lowest BCUT2D eigenvalue weighted by Gasteiger charge is -2.29. The van der Waals surface area contributed by atoms with Crippen LogP contribution in [-0.4, -0.2) is 28.3 Å². The number of carbonyl (C=O) groups excluding carboxylic acids is 1. The van der Waals surface area contributed by atoms with Crippen LogP contribution in [0, 0.1) is 5.92 Å². The molecule has 1 unspecified atom stereocenters. The van der Waals surface area contributed by atoms with Crippen molar-refractivity contribution in [3.63, 3.8) is 0 Å². The van der Waals surface area contributed by atoms with E-state index >= 15 is 0 Å². The van der Waals surface area contributed by atoms with E-state index < -0.39 is 0 Å². The summed E-state index contributed by atoms with van der Waals surface area (Å²) in [4.78, 5) is 24.7. The SMILES string of the molecule is NCC(NC(=O)c1ccc(=O)n(-c2ccccc2)n1)C1CCCCC1. The number of para-hydroxylation sites is 1. The number of carbonyl (C=O) groups is 1. The largest absolute Gasteiger partial charge is 0.346 e. The second-order valence-electron chi connectivity index (χ2n) is 6.52. The maximum Gasteiger partial charge on any atom is 0.272 e. The van der Waals surface area contributed by atoms with Gasteiger partial charge in [-0.05, 0) is 37.0 Å². The number of hydrogen-bond donors (Lipinski definition) is 2. The summed E-state index contributed by atoms with van der Waals surface area (Å²) in [5.74, 6) is 0.133. The lowest BCUT2D eigenvalue weighted by molar-refractivity contribution is 0.0908. The summed E-state index contributed by atoms with van der Waals surface area (Å²) < 4.78 is 1.24. The average molecular weight is 340 g/mol. The van der Waals surface area contributed by atoms with Crippen molar-refractivity contribution in [3.8, 4) is 5.69 Å². The van der Waals surface area contributed by atoms with Gasteiger partial charge >= 0.3 is 0 Å². The van der Waals surface area contributed by atoms with Crippen molar-refractivity contribution >= 4 is 5.91 Å². The highest BCUT2D eigenvalue weighted by Crippen LogP contribution is 2.26. The molecule has 1 aromatic heterocycles. The van der Waals surface area contributed by atoms with Crippen LogP contribution in [0.4, 0.5) is 0 Å². The third-order valence-corrected chi connectivity index (χ3v) is 4.82. The van der Waals surface area contributed by atoms with Gasteiger partial charge < -0.3 is 11.1 Å². The molecule has 3 N–H and O–H groups in total. The summed E-state index contributed by atoms with van der Waals surface area (Å²) in [5, 5.41) is 7.24. The summed E-state index contributed by atoms with van der Waals surface area (Å²) in [5.41, 5.74) is 6.46. The third kappa shape index (κ3) is 4.14. The Morgan fingerprint density at radius 3 is 2.56 bits per heavy atom. The van der Waals surface area contributed by atoms with E-state index in [0.717, 1.165) is 12.8 Å². The predicted octanol–water partition coefficient (Wildman–Crippen LogP) is 1.87. The smallest absolute Gasteiger partial charge is 0.272 e. The molecule has 0 bridgehead atoms. The summed E-state index contributed by atoms with van der Waals surface area (Å²) in [6.07, 6.45) is 5.83. The molecule has 0 saturated heterocycles. The Morgan fingerprint density at radius 1 is 1.16 bits per heavy atom. The highest BCUT2D eigenvalue weighted by Gasteiger charge is 2.25. The van der Waals surface area contributed by atoms with Gasteiger partial charge in [0.2, 0.25) is 0 Å². The van der Waals surface area contributed by atoms with Crippen LogP contribution in [-0.2, 0) is 0 Å². The summed E-state index contributed by atoms with van der Waals surface area (Å²) >= 11 is 0. The van der Waals surface area contributed by atoms with Gasteiger partial charge in [-0.25, -0.2) is 0 Å². The van der Waals surface area contributed by atoms with Crippen LogP contribution in [0.25, 0.3) is 5.69 Å². The standard InChI is InChI=1S/C19H24N4O2/c20-13-17(14-7-3-1-4-8-14)21-19(25)16-11-12-18(24)23(22-16)15-9-5-2-6-10-15/h2,5-6,9-12,14,17H,1,3-4,7-8,13,20H2,(H,21,25). The number of nitrogens with two attached hydrogens (primary N) is 1. The molecule has 1 aromatic carbocycles. The number of nitrogens with one attached hydrogen (secondary N) is 1. The van der Waals surface area contributed by atoms with E-state index in [0.29, 0.717) is 18.2 Å². The maximum absolute atomic E-state index is 12.6. The summed E-state index contributed by atoms with van der Waals surface area (Å²) in [6, 6.07) is 11.8. The fraction of sp³-hybridized carbons (Fsp3) is 0.421. The van der Waals surface area contributed by atoms with Crippen molar-refractivity contribution in [2.75, 3.05) is 6.54 Å². The first-order valence-electron chi connectivity index (χ1n) is 8.86. The molecule has 1 amide bonds. The molecule has 6 heteroatoms. The van der Waals surface area contributed by atoms with E-state index in [-0.39, 0.29) is 23.2 Å². The average Bonchev–Trinajstić information content (AvgIpc) is 2.67. The van der Waals surface area contributed by atoms with E-state index in [4.69, 9.17) is 5.73 Å². The van der Waals surface area contributed by atoms with Crippen LogP contribution < -0.4 is 16.6 Å². The molecule has 1 heterocycles. The number of nitrogens with zero attached hydrogens (tertiary/aromatic N) is 2. The zero-order valence-corrected chi connectivity index (χ0v) is 14.2. The number of aromatic nitrogens is 2. The zero-order chi connectivity index (χ0) is 17.6. The lowest BCUT2D eigenvalue weighted by Crippen LogP contribution is -2.46. The predicted molar refractivity (Wildman–Crippen MR) is 96.7 cm³/mol. The first kappa shape index (κ1) is 17.4. The third-order valence-electron chi connectivity index (χ3n) is 4.82. The minimum absolute atomic E-state index is 0.0493. The first-order valence-corrected chi connectivity index (χ1v) is 8.86. The van der Waals surface area contributed by atoms with Crippen LogP contribution in [0.5, 0.6) is 0 Å². The minimum atomic E-state index is -0.286. The maximum atomic E-state index is 12.6. The van der Waals surface area contributed by atoms with Crippen LogP contribution >= 0.6 is 0 Å². The Bertz CT molecular complexity index is 766. The van der Waals surface area contributed by atoms with Gasteiger partial charge in [0.15, 0.2) is 0 Å². The van der Waals surface area contributed by atoms with E-state index in [9.17, 15) is 9.59 Å². The van der Waals surface area contributed by atoms with Crippen molar-refractivity contribution < 1.29 is 4.79 Å². The second-order valence-corrected chi connectivity index (χ2v) is 6.52. The molecule has 25 heavy (non-hydrogen) atoms. The molecule has 1 atom stereocenters. The normalized spacial score (nSPS) is 16.4. The Kier molecular flexibility index (Phi) is 5.60. The van der Waals surface area contributed by atoms with Gasteiger partial charge in [0.05, 0.1) is 5.69 Å². The molecule has 132 valence electrons. The fourth-order valence-electron chi connectivity index (χ4n) is 3.43. The molecule has 0 spiro atoms. The van der Waals surface area contributed by atoms with E-state index in [1.807, 2.05) is 18.2 Å². The molecular weight excluding hydrogens is 316 g/mol. The zero-order valence-electron chi connectivity index (χ0n) is 14.2. The molecule has 3 rings (SSSR count). The second kappa shape index (κ2) is 8.07. The summed E-state index contributed by atoms with van der Waals surface area (Å²) in [7, 11) is 0. The number of hydrogen-bond acceptors (Lipinski definition) is 4. The Morgan fingerprint density at radius 2 is 1.88 bits per heavy atom. The fourth-order valence-corrected chi connectivity index (χ4v) is 3.43. The van der Waals surface area contributed by atoms with Crippen LogP contribution in [0.1, 0.15) is 42.6 Å². The highest BCUT2D eigenvalue weighted by molar-refractivity contribution is 5.92. The molecule has 0 aliphatic heterocycles. The number of rotatable bonds is 5. The first-order chi connectivity index (χ1) is 12.2. The van der Waals surface area contributed by atoms with Crippen molar-refractivity contribution in [1.29, 1.82) is 0 Å². The van der Waals surface area contributed by atoms with E-state index in [1.165, 1.54) is 36.1 Å². The molecule has 1 aliphatic carbocycles. The lowest BCUT2D eigenvalue weighted by atomic mass is 9.84. The van der Waals surface area contributed by atoms with Gasteiger partial charge in [-0.3, -0.25) is 9.59 Å². The van der Waals surface area contributed by atoms with Gasteiger partial charge in [-0.1, -0.05) is 37.5 Å². The van der Waals surface area contributed by atoms with E-state index in [1.54, 1.807) is 12.1 Å². The van der Waals surface area contributed by atoms with Crippen LogP contribution in [0.3, 0.4) is 0 Å². The Balaban J connectivity index is 1.79. The molecule has 0 radical (unpaired) electrons. The van der Waals surface area contributed by atoms with E-state index in [2.05, 4.69) is 10.4 Å². The quantitative estimate of drug-likeness (QED) is 0.869. The van der Waals surface area contributed by atoms with Crippen molar-refractivity contribution in [1.82, 2.24) is 15.1 Å². The van der Waals surface area contributed by atoms with Crippen molar-refractivity contribution in [3.05, 3.63) is 58.5 Å². The van der Waals surface area contributed by atoms with Gasteiger partial charge in [0.1, 0.15) is 5.69 Å². The molecule has 1 aliphatic rings.